The molecule has 2 unspecified atom stereocenters. The minimum absolute atomic E-state index is 0.330. The molecule has 1 aromatic rings. The number of ether oxygens (including phenoxy) is 1. The first-order valence-electron chi connectivity index (χ1n) is 7.50. The Labute approximate surface area is 122 Å². The quantitative estimate of drug-likeness (QED) is 0.868. The maximum absolute atomic E-state index is 10.4. The summed E-state index contributed by atoms with van der Waals surface area (Å²) in [5.74, 6) is 0.760. The van der Waals surface area contributed by atoms with Crippen molar-refractivity contribution in [1.29, 1.82) is 0 Å². The molecule has 2 atom stereocenters. The van der Waals surface area contributed by atoms with Crippen LogP contribution < -0.4 is 10.1 Å². The molecule has 1 fully saturated rings. The van der Waals surface area contributed by atoms with Crippen molar-refractivity contribution < 1.29 is 9.84 Å². The highest BCUT2D eigenvalue weighted by Gasteiger charge is 2.34. The van der Waals surface area contributed by atoms with E-state index >= 15 is 0 Å². The van der Waals surface area contributed by atoms with Gasteiger partial charge in [-0.15, -0.1) is 0 Å². The van der Waals surface area contributed by atoms with Crippen molar-refractivity contribution >= 4 is 0 Å². The number of nitrogens with one attached hydrogen (secondary N) is 1. The summed E-state index contributed by atoms with van der Waals surface area (Å²) >= 11 is 0. The fourth-order valence-corrected chi connectivity index (χ4v) is 3.18. The molecule has 0 heterocycles. The first-order chi connectivity index (χ1) is 9.44. The van der Waals surface area contributed by atoms with Crippen LogP contribution in [0.2, 0.25) is 0 Å². The molecule has 1 saturated carbocycles. The molecule has 0 saturated heterocycles. The van der Waals surface area contributed by atoms with Crippen LogP contribution in [0.3, 0.4) is 0 Å². The zero-order valence-electron chi connectivity index (χ0n) is 13.1. The van der Waals surface area contributed by atoms with Gasteiger partial charge < -0.3 is 15.2 Å². The number of hydrogen-bond acceptors (Lipinski definition) is 3. The van der Waals surface area contributed by atoms with Gasteiger partial charge in [0.1, 0.15) is 5.75 Å². The number of aliphatic hydroxyl groups excluding tert-OH is 1. The highest BCUT2D eigenvalue weighted by Crippen LogP contribution is 2.37. The summed E-state index contributed by atoms with van der Waals surface area (Å²) in [6.07, 6.45) is 3.20. The molecule has 0 aliphatic heterocycles. The molecule has 0 radical (unpaired) electrons. The van der Waals surface area contributed by atoms with Crippen LogP contribution in [0.15, 0.2) is 18.2 Å². The molecule has 1 aliphatic rings. The summed E-state index contributed by atoms with van der Waals surface area (Å²) in [6, 6.07) is 6.42. The normalized spacial score (nSPS) is 22.8. The number of benzene rings is 1. The molecule has 20 heavy (non-hydrogen) atoms. The molecule has 0 aromatic heterocycles. The smallest absolute Gasteiger partial charge is 0.124 e. The van der Waals surface area contributed by atoms with Gasteiger partial charge in [-0.2, -0.15) is 0 Å². The predicted molar refractivity (Wildman–Crippen MR) is 82.1 cm³/mol. The van der Waals surface area contributed by atoms with Gasteiger partial charge in [-0.3, -0.25) is 0 Å². The molecule has 3 nitrogen and oxygen atoms in total. The van der Waals surface area contributed by atoms with Crippen LogP contribution >= 0.6 is 0 Å². The van der Waals surface area contributed by atoms with Crippen LogP contribution in [-0.2, 0) is 0 Å². The Morgan fingerprint density at radius 2 is 2.20 bits per heavy atom. The van der Waals surface area contributed by atoms with Gasteiger partial charge in [-0.05, 0) is 37.3 Å². The number of aliphatic hydroxyl groups is 1. The Balaban J connectivity index is 2.01. The average Bonchev–Trinajstić information content (AvgIpc) is 2.75. The summed E-state index contributed by atoms with van der Waals surface area (Å²) in [5, 5.41) is 14.0. The minimum Gasteiger partial charge on any atom is -0.496 e. The summed E-state index contributed by atoms with van der Waals surface area (Å²) < 4.78 is 5.35. The van der Waals surface area contributed by atoms with E-state index in [0.29, 0.717) is 18.0 Å². The van der Waals surface area contributed by atoms with E-state index in [9.17, 15) is 5.11 Å². The monoisotopic (exact) mass is 277 g/mol. The van der Waals surface area contributed by atoms with E-state index in [1.807, 2.05) is 25.1 Å². The van der Waals surface area contributed by atoms with Gasteiger partial charge in [0.15, 0.2) is 0 Å². The van der Waals surface area contributed by atoms with E-state index in [1.165, 1.54) is 19.3 Å². The largest absolute Gasteiger partial charge is 0.496 e. The van der Waals surface area contributed by atoms with E-state index in [0.717, 1.165) is 16.9 Å². The summed E-state index contributed by atoms with van der Waals surface area (Å²) in [5.41, 5.74) is 2.34. The van der Waals surface area contributed by atoms with Crippen molar-refractivity contribution in [2.75, 3.05) is 13.7 Å². The van der Waals surface area contributed by atoms with Crippen molar-refractivity contribution in [3.05, 3.63) is 29.3 Å². The lowest BCUT2D eigenvalue weighted by Gasteiger charge is -2.29. The summed E-state index contributed by atoms with van der Waals surface area (Å²) in [7, 11) is 1.65. The molecule has 0 amide bonds. The SMILES string of the molecule is COc1ccc(C)cc1C(O)CNC1CCCC1(C)C. The molecule has 3 heteroatoms. The zero-order valence-corrected chi connectivity index (χ0v) is 13.1. The lowest BCUT2D eigenvalue weighted by Crippen LogP contribution is -2.39. The average molecular weight is 277 g/mol. The molecular weight excluding hydrogens is 250 g/mol. The molecule has 0 bridgehead atoms. The number of methoxy groups -OCH3 is 1. The molecular formula is C17H27NO2. The number of aryl methyl sites for hydroxylation is 1. The molecule has 1 aromatic carbocycles. The summed E-state index contributed by atoms with van der Waals surface area (Å²) in [4.78, 5) is 0. The second-order valence-electron chi connectivity index (χ2n) is 6.60. The molecule has 2 rings (SSSR count). The zero-order chi connectivity index (χ0) is 14.8. The van der Waals surface area contributed by atoms with Gasteiger partial charge in [0.2, 0.25) is 0 Å². The minimum atomic E-state index is -0.527. The maximum atomic E-state index is 10.4. The van der Waals surface area contributed by atoms with E-state index in [4.69, 9.17) is 4.74 Å². The van der Waals surface area contributed by atoms with E-state index in [-0.39, 0.29) is 0 Å². The Hall–Kier alpha value is -1.06. The van der Waals surface area contributed by atoms with Gasteiger partial charge in [0.25, 0.3) is 0 Å². The van der Waals surface area contributed by atoms with E-state index < -0.39 is 6.10 Å². The number of hydrogen-bond donors (Lipinski definition) is 2. The van der Waals surface area contributed by atoms with Crippen molar-refractivity contribution in [2.45, 2.75) is 52.2 Å². The lowest BCUT2D eigenvalue weighted by molar-refractivity contribution is 0.154. The van der Waals surface area contributed by atoms with Crippen LogP contribution in [0.5, 0.6) is 5.75 Å². The van der Waals surface area contributed by atoms with Gasteiger partial charge in [0, 0.05) is 18.2 Å². The van der Waals surface area contributed by atoms with Crippen molar-refractivity contribution in [1.82, 2.24) is 5.32 Å². The Kier molecular flexibility index (Phi) is 4.71. The van der Waals surface area contributed by atoms with E-state index in [2.05, 4.69) is 19.2 Å². The third-order valence-electron chi connectivity index (χ3n) is 4.56. The Morgan fingerprint density at radius 1 is 1.45 bits per heavy atom. The fraction of sp³-hybridized carbons (Fsp3) is 0.647. The fourth-order valence-electron chi connectivity index (χ4n) is 3.18. The Bertz CT molecular complexity index is 456. The molecule has 1 aliphatic carbocycles. The van der Waals surface area contributed by atoms with Crippen molar-refractivity contribution in [3.8, 4) is 5.75 Å². The number of rotatable bonds is 5. The predicted octanol–water partition coefficient (Wildman–Crippen LogP) is 3.21. The van der Waals surface area contributed by atoms with Crippen LogP contribution in [0, 0.1) is 12.3 Å². The molecule has 2 N–H and O–H groups in total. The van der Waals surface area contributed by atoms with Crippen molar-refractivity contribution in [2.24, 2.45) is 5.41 Å². The molecule has 0 spiro atoms. The second-order valence-corrected chi connectivity index (χ2v) is 6.60. The van der Waals surface area contributed by atoms with Crippen molar-refractivity contribution in [3.63, 3.8) is 0 Å². The highest BCUT2D eigenvalue weighted by atomic mass is 16.5. The van der Waals surface area contributed by atoms with Gasteiger partial charge >= 0.3 is 0 Å². The van der Waals surface area contributed by atoms with Crippen LogP contribution in [-0.4, -0.2) is 24.8 Å². The topological polar surface area (TPSA) is 41.5 Å². The summed E-state index contributed by atoms with van der Waals surface area (Å²) in [6.45, 7) is 7.21. The van der Waals surface area contributed by atoms with Gasteiger partial charge in [0.05, 0.1) is 13.2 Å². The standard InChI is InChI=1S/C17H27NO2/c1-12-7-8-15(20-4)13(10-12)14(19)11-18-16-6-5-9-17(16,2)3/h7-8,10,14,16,18-19H,5-6,9,11H2,1-4H3. The van der Waals surface area contributed by atoms with E-state index in [1.54, 1.807) is 7.11 Å². The van der Waals surface area contributed by atoms with Crippen LogP contribution in [0.25, 0.3) is 0 Å². The highest BCUT2D eigenvalue weighted by molar-refractivity contribution is 5.38. The lowest BCUT2D eigenvalue weighted by atomic mass is 9.87. The van der Waals surface area contributed by atoms with Gasteiger partial charge in [-0.25, -0.2) is 0 Å². The van der Waals surface area contributed by atoms with Crippen LogP contribution in [0.1, 0.15) is 50.3 Å². The third kappa shape index (κ3) is 3.33. The maximum Gasteiger partial charge on any atom is 0.124 e. The Morgan fingerprint density at radius 3 is 2.80 bits per heavy atom. The van der Waals surface area contributed by atoms with Gasteiger partial charge in [-0.1, -0.05) is 31.9 Å². The molecule has 112 valence electrons. The first-order valence-corrected chi connectivity index (χ1v) is 7.50. The second kappa shape index (κ2) is 6.15. The first kappa shape index (κ1) is 15.3. The van der Waals surface area contributed by atoms with Crippen LogP contribution in [0.4, 0.5) is 0 Å². The third-order valence-corrected chi connectivity index (χ3v) is 4.56.